The standard InChI is InChI=1S/C8H14O2/c1-8(10)6-4-2-3-5-7-9/h2-4,6,8-10H,5,7H2,1H3. The second-order valence-corrected chi connectivity index (χ2v) is 2.07. The predicted molar refractivity (Wildman–Crippen MR) is 41.7 cm³/mol. The Morgan fingerprint density at radius 1 is 1.40 bits per heavy atom. The molecule has 0 aliphatic heterocycles. The van der Waals surface area contributed by atoms with Gasteiger partial charge in [-0.2, -0.15) is 0 Å². The molecule has 0 heterocycles. The second-order valence-electron chi connectivity index (χ2n) is 2.07. The van der Waals surface area contributed by atoms with Crippen LogP contribution in [-0.4, -0.2) is 22.9 Å². The molecule has 0 radical (unpaired) electrons. The zero-order valence-corrected chi connectivity index (χ0v) is 6.20. The van der Waals surface area contributed by atoms with E-state index in [1.807, 2.05) is 12.2 Å². The van der Waals surface area contributed by atoms with Crippen molar-refractivity contribution in [1.82, 2.24) is 0 Å². The molecule has 0 spiro atoms. The minimum atomic E-state index is -0.390. The van der Waals surface area contributed by atoms with Crippen molar-refractivity contribution >= 4 is 0 Å². The van der Waals surface area contributed by atoms with Crippen LogP contribution in [0.15, 0.2) is 24.3 Å². The fourth-order valence-corrected chi connectivity index (χ4v) is 0.474. The molecule has 0 bridgehead atoms. The predicted octanol–water partition coefficient (Wildman–Crippen LogP) is 0.862. The Hall–Kier alpha value is -0.600. The molecule has 2 nitrogen and oxygen atoms in total. The zero-order valence-electron chi connectivity index (χ0n) is 6.20. The average Bonchev–Trinajstić information content (AvgIpc) is 1.87. The molecule has 0 rings (SSSR count). The molecular formula is C8H14O2. The molecular weight excluding hydrogens is 128 g/mol. The van der Waals surface area contributed by atoms with Crippen LogP contribution in [0.25, 0.3) is 0 Å². The van der Waals surface area contributed by atoms with E-state index in [0.29, 0.717) is 6.42 Å². The Balaban J connectivity index is 3.32. The van der Waals surface area contributed by atoms with E-state index in [4.69, 9.17) is 10.2 Å². The molecule has 0 aromatic heterocycles. The van der Waals surface area contributed by atoms with Crippen LogP contribution >= 0.6 is 0 Å². The molecule has 10 heavy (non-hydrogen) atoms. The van der Waals surface area contributed by atoms with Crippen molar-refractivity contribution in [2.45, 2.75) is 19.4 Å². The molecule has 1 atom stereocenters. The molecule has 0 saturated heterocycles. The van der Waals surface area contributed by atoms with Gasteiger partial charge in [-0.05, 0) is 13.3 Å². The van der Waals surface area contributed by atoms with E-state index in [2.05, 4.69) is 0 Å². The van der Waals surface area contributed by atoms with Gasteiger partial charge in [-0.15, -0.1) is 0 Å². The summed E-state index contributed by atoms with van der Waals surface area (Å²) in [6.45, 7) is 1.87. The van der Waals surface area contributed by atoms with Crippen LogP contribution in [-0.2, 0) is 0 Å². The maximum absolute atomic E-state index is 8.74. The van der Waals surface area contributed by atoms with Crippen molar-refractivity contribution < 1.29 is 10.2 Å². The van der Waals surface area contributed by atoms with Crippen molar-refractivity contribution in [1.29, 1.82) is 0 Å². The number of allylic oxidation sites excluding steroid dienone is 2. The Bertz CT molecular complexity index is 114. The molecule has 0 aromatic carbocycles. The fourth-order valence-electron chi connectivity index (χ4n) is 0.474. The lowest BCUT2D eigenvalue weighted by Gasteiger charge is -1.88. The minimum Gasteiger partial charge on any atom is -0.396 e. The Morgan fingerprint density at radius 2 is 2.10 bits per heavy atom. The lowest BCUT2D eigenvalue weighted by atomic mass is 10.3. The Kier molecular flexibility index (Phi) is 6.13. The first kappa shape index (κ1) is 9.40. The first-order chi connectivity index (χ1) is 4.77. The average molecular weight is 142 g/mol. The van der Waals surface area contributed by atoms with Gasteiger partial charge in [0, 0.05) is 6.61 Å². The van der Waals surface area contributed by atoms with Gasteiger partial charge in [-0.3, -0.25) is 0 Å². The van der Waals surface area contributed by atoms with Crippen molar-refractivity contribution in [3.8, 4) is 0 Å². The summed E-state index contributed by atoms with van der Waals surface area (Å²) in [5, 5.41) is 17.1. The monoisotopic (exact) mass is 142 g/mol. The van der Waals surface area contributed by atoms with E-state index in [9.17, 15) is 0 Å². The largest absolute Gasteiger partial charge is 0.396 e. The van der Waals surface area contributed by atoms with Crippen LogP contribution in [0.5, 0.6) is 0 Å². The highest BCUT2D eigenvalue weighted by atomic mass is 16.3. The van der Waals surface area contributed by atoms with Crippen LogP contribution in [0.3, 0.4) is 0 Å². The lowest BCUT2D eigenvalue weighted by molar-refractivity contribution is 0.244. The summed E-state index contributed by atoms with van der Waals surface area (Å²) in [7, 11) is 0. The van der Waals surface area contributed by atoms with Gasteiger partial charge in [0.05, 0.1) is 6.10 Å². The molecule has 0 saturated carbocycles. The first-order valence-electron chi connectivity index (χ1n) is 3.39. The van der Waals surface area contributed by atoms with Crippen molar-refractivity contribution in [2.24, 2.45) is 0 Å². The number of aliphatic hydroxyl groups excluding tert-OH is 2. The number of hydrogen-bond donors (Lipinski definition) is 2. The van der Waals surface area contributed by atoms with Gasteiger partial charge in [-0.1, -0.05) is 24.3 Å². The maximum Gasteiger partial charge on any atom is 0.0695 e. The summed E-state index contributed by atoms with van der Waals surface area (Å²) in [5.41, 5.74) is 0. The smallest absolute Gasteiger partial charge is 0.0695 e. The van der Waals surface area contributed by atoms with E-state index in [1.54, 1.807) is 19.1 Å². The molecule has 0 aliphatic rings. The molecule has 58 valence electrons. The van der Waals surface area contributed by atoms with Gasteiger partial charge in [0.15, 0.2) is 0 Å². The quantitative estimate of drug-likeness (QED) is 0.571. The van der Waals surface area contributed by atoms with Gasteiger partial charge in [0.2, 0.25) is 0 Å². The summed E-state index contributed by atoms with van der Waals surface area (Å²) in [5.74, 6) is 0. The third-order valence-electron chi connectivity index (χ3n) is 0.933. The van der Waals surface area contributed by atoms with E-state index in [-0.39, 0.29) is 6.61 Å². The zero-order chi connectivity index (χ0) is 7.82. The fraction of sp³-hybridized carbons (Fsp3) is 0.500. The van der Waals surface area contributed by atoms with E-state index >= 15 is 0 Å². The second kappa shape index (κ2) is 6.52. The van der Waals surface area contributed by atoms with Crippen LogP contribution < -0.4 is 0 Å². The third kappa shape index (κ3) is 7.40. The highest BCUT2D eigenvalue weighted by molar-refractivity contribution is 5.03. The van der Waals surface area contributed by atoms with Crippen LogP contribution in [0.2, 0.25) is 0 Å². The highest BCUT2D eigenvalue weighted by Gasteiger charge is 1.80. The summed E-state index contributed by atoms with van der Waals surface area (Å²) >= 11 is 0. The topological polar surface area (TPSA) is 40.5 Å². The lowest BCUT2D eigenvalue weighted by Crippen LogP contribution is -1.90. The molecule has 0 aromatic rings. The van der Waals surface area contributed by atoms with Gasteiger partial charge < -0.3 is 10.2 Å². The summed E-state index contributed by atoms with van der Waals surface area (Å²) in [6.07, 6.45) is 7.37. The van der Waals surface area contributed by atoms with Crippen LogP contribution in [0, 0.1) is 0 Å². The Labute approximate surface area is 61.5 Å². The molecule has 0 fully saturated rings. The minimum absolute atomic E-state index is 0.180. The van der Waals surface area contributed by atoms with Crippen LogP contribution in [0.1, 0.15) is 13.3 Å². The number of aliphatic hydroxyl groups is 2. The maximum atomic E-state index is 8.74. The number of hydrogen-bond acceptors (Lipinski definition) is 2. The van der Waals surface area contributed by atoms with E-state index in [1.165, 1.54) is 0 Å². The van der Waals surface area contributed by atoms with Crippen LogP contribution in [0.4, 0.5) is 0 Å². The molecule has 1 unspecified atom stereocenters. The van der Waals surface area contributed by atoms with Gasteiger partial charge in [0.1, 0.15) is 0 Å². The van der Waals surface area contributed by atoms with E-state index in [0.717, 1.165) is 0 Å². The van der Waals surface area contributed by atoms with Crippen molar-refractivity contribution in [3.63, 3.8) is 0 Å². The normalized spacial score (nSPS) is 15.1. The van der Waals surface area contributed by atoms with E-state index < -0.39 is 6.10 Å². The summed E-state index contributed by atoms with van der Waals surface area (Å²) in [4.78, 5) is 0. The molecule has 2 heteroatoms. The Morgan fingerprint density at radius 3 is 2.60 bits per heavy atom. The highest BCUT2D eigenvalue weighted by Crippen LogP contribution is 1.85. The SMILES string of the molecule is CC(O)C=CC=CCCO. The van der Waals surface area contributed by atoms with Crippen molar-refractivity contribution in [3.05, 3.63) is 24.3 Å². The van der Waals surface area contributed by atoms with Crippen molar-refractivity contribution in [2.75, 3.05) is 6.61 Å². The summed E-state index contributed by atoms with van der Waals surface area (Å²) < 4.78 is 0. The van der Waals surface area contributed by atoms with Gasteiger partial charge in [0.25, 0.3) is 0 Å². The summed E-state index contributed by atoms with van der Waals surface area (Å²) in [6, 6.07) is 0. The molecule has 0 amide bonds. The van der Waals surface area contributed by atoms with Gasteiger partial charge >= 0.3 is 0 Å². The van der Waals surface area contributed by atoms with Gasteiger partial charge in [-0.25, -0.2) is 0 Å². The molecule has 2 N–H and O–H groups in total. The number of rotatable bonds is 4. The molecule has 0 aliphatic carbocycles. The third-order valence-corrected chi connectivity index (χ3v) is 0.933. The first-order valence-corrected chi connectivity index (χ1v) is 3.39.